The number of fused-ring (bicyclic) bond motifs is 3. The summed E-state index contributed by atoms with van der Waals surface area (Å²) in [7, 11) is 0. The zero-order chi connectivity index (χ0) is 41.7. The number of nitrogens with one attached hydrogen (secondary N) is 2. The van der Waals surface area contributed by atoms with Crippen LogP contribution in [0.2, 0.25) is 0 Å². The van der Waals surface area contributed by atoms with Crippen molar-refractivity contribution in [2.24, 2.45) is 22.2 Å². The van der Waals surface area contributed by atoms with Gasteiger partial charge in [0, 0.05) is 75.3 Å². The SMILES string of the molecule is C[C@@H](OCC12CCC(CC1)OC2)[C@H](NCC(=O)[C@@H]1CN(C(=O)c2cnn(Cc3ccccc3C(=O)O)c2)CC12CN(C(=O)C1(C(F)(F)F)CC1)C2)C(=O)N1CCNCC1. The highest BCUT2D eigenvalue weighted by atomic mass is 19.4. The van der Waals surface area contributed by atoms with E-state index >= 15 is 0 Å². The first kappa shape index (κ1) is 41.3. The van der Waals surface area contributed by atoms with Gasteiger partial charge in [-0.1, -0.05) is 18.2 Å². The van der Waals surface area contributed by atoms with Gasteiger partial charge >= 0.3 is 12.1 Å². The van der Waals surface area contributed by atoms with E-state index in [-0.39, 0.29) is 80.3 Å². The number of rotatable bonds is 14. The monoisotopic (exact) mass is 827 g/mol. The fraction of sp³-hybridized carbons (Fsp3) is 0.659. The highest BCUT2D eigenvalue weighted by molar-refractivity contribution is 5.96. The van der Waals surface area contributed by atoms with Gasteiger partial charge in [0.15, 0.2) is 5.78 Å². The molecule has 1 aromatic heterocycles. The average Bonchev–Trinajstić information content (AvgIpc) is 3.77. The summed E-state index contributed by atoms with van der Waals surface area (Å²) >= 11 is 0. The van der Waals surface area contributed by atoms with Crippen LogP contribution < -0.4 is 10.6 Å². The van der Waals surface area contributed by atoms with Crippen molar-refractivity contribution in [1.29, 1.82) is 0 Å². The molecule has 15 nitrogen and oxygen atoms in total. The molecule has 2 aromatic rings. The van der Waals surface area contributed by atoms with E-state index in [9.17, 15) is 42.3 Å². The molecule has 59 heavy (non-hydrogen) atoms. The van der Waals surface area contributed by atoms with Gasteiger partial charge < -0.3 is 34.6 Å². The molecule has 5 saturated heterocycles. The number of aromatic nitrogens is 2. The number of carboxylic acid groups (broad SMARTS) is 1. The Morgan fingerprint density at radius 1 is 1.02 bits per heavy atom. The molecule has 2 aliphatic carbocycles. The lowest BCUT2D eigenvalue weighted by atomic mass is 9.69. The maximum atomic E-state index is 14.4. The van der Waals surface area contributed by atoms with Gasteiger partial charge in [-0.25, -0.2) is 4.79 Å². The maximum Gasteiger partial charge on any atom is 0.403 e. The Bertz CT molecular complexity index is 1940. The van der Waals surface area contributed by atoms with Gasteiger partial charge in [-0.3, -0.25) is 29.2 Å². The van der Waals surface area contributed by atoms with Crippen molar-refractivity contribution in [2.45, 2.75) is 76.4 Å². The van der Waals surface area contributed by atoms with Gasteiger partial charge in [-0.05, 0) is 57.1 Å². The number of piperazine rings is 1. The number of nitrogens with zero attached hydrogens (tertiary/aromatic N) is 5. The molecule has 320 valence electrons. The molecule has 1 aromatic carbocycles. The number of hydrogen-bond donors (Lipinski definition) is 3. The zero-order valence-corrected chi connectivity index (χ0v) is 33.2. The topological polar surface area (TPSA) is 176 Å². The molecule has 9 rings (SSSR count). The number of aromatic carboxylic acids is 1. The Labute approximate surface area is 339 Å². The Hall–Kier alpha value is -4.39. The predicted octanol–water partition coefficient (Wildman–Crippen LogP) is 2.20. The third kappa shape index (κ3) is 8.00. The van der Waals surface area contributed by atoms with Gasteiger partial charge in [0.2, 0.25) is 11.8 Å². The van der Waals surface area contributed by atoms with E-state index < -0.39 is 52.9 Å². The van der Waals surface area contributed by atoms with Crippen LogP contribution in [-0.4, -0.2) is 156 Å². The van der Waals surface area contributed by atoms with Gasteiger partial charge in [0.05, 0.1) is 55.8 Å². The van der Waals surface area contributed by atoms with Crippen LogP contribution in [0.25, 0.3) is 0 Å². The van der Waals surface area contributed by atoms with Gasteiger partial charge in [-0.2, -0.15) is 18.3 Å². The summed E-state index contributed by atoms with van der Waals surface area (Å²) in [5, 5.41) is 20.3. The van der Waals surface area contributed by atoms with Crippen LogP contribution in [0.4, 0.5) is 13.2 Å². The minimum Gasteiger partial charge on any atom is -0.478 e. The molecule has 7 aliphatic rings. The largest absolute Gasteiger partial charge is 0.478 e. The second-order valence-corrected chi connectivity index (χ2v) is 17.7. The summed E-state index contributed by atoms with van der Waals surface area (Å²) in [6.45, 7) is 4.61. The number of benzene rings is 1. The summed E-state index contributed by atoms with van der Waals surface area (Å²) in [4.78, 5) is 71.9. The lowest BCUT2D eigenvalue weighted by Gasteiger charge is -2.51. The van der Waals surface area contributed by atoms with E-state index in [1.54, 1.807) is 23.1 Å². The lowest BCUT2D eigenvalue weighted by Crippen LogP contribution is -2.66. The number of ketones is 1. The van der Waals surface area contributed by atoms with Crippen molar-refractivity contribution in [3.05, 3.63) is 53.3 Å². The second kappa shape index (κ2) is 15.9. The van der Waals surface area contributed by atoms with Crippen molar-refractivity contribution in [3.8, 4) is 0 Å². The van der Waals surface area contributed by atoms with Gasteiger partial charge in [0.1, 0.15) is 11.5 Å². The summed E-state index contributed by atoms with van der Waals surface area (Å²) in [6, 6.07) is 5.57. The number of amides is 3. The quantitative estimate of drug-likeness (QED) is 0.255. The van der Waals surface area contributed by atoms with Crippen LogP contribution in [0.1, 0.15) is 71.7 Å². The fourth-order valence-corrected chi connectivity index (χ4v) is 9.84. The lowest BCUT2D eigenvalue weighted by molar-refractivity contribution is -0.205. The molecule has 2 saturated carbocycles. The van der Waals surface area contributed by atoms with Crippen LogP contribution in [-0.2, 0) is 30.4 Å². The summed E-state index contributed by atoms with van der Waals surface area (Å²) in [5.41, 5.74) is -2.76. The standard InChI is InChI=1S/C41H52F3N7O8/c1-26(58-24-38-8-6-29(7-9-38)59-25-38)33(35(54)48-14-12-45-13-15-48)46-17-32(52)31-20-49(21-39(31)22-50(23-39)37(57)40(10-11-40)41(42,43)44)34(53)28-16-47-51(19-28)18-27-4-2-3-5-30(27)36(55)56/h2-5,16,19,26,29,31,33,45-46H,6-15,17-18,20-25H2,1H3,(H,55,56)/t26-,29?,31+,33+,38?/m1/s1. The number of likely N-dealkylation sites (tertiary alicyclic amines) is 2. The molecule has 0 unspecified atom stereocenters. The van der Waals surface area contributed by atoms with Crippen LogP contribution in [0.5, 0.6) is 0 Å². The third-order valence-electron chi connectivity index (χ3n) is 13.7. The number of carbonyl (C=O) groups excluding carboxylic acids is 4. The van der Waals surface area contributed by atoms with Crippen LogP contribution >= 0.6 is 0 Å². The van der Waals surface area contributed by atoms with Crippen LogP contribution in [0.15, 0.2) is 36.7 Å². The van der Waals surface area contributed by atoms with Crippen LogP contribution in [0, 0.1) is 22.2 Å². The number of carboxylic acids is 1. The van der Waals surface area contributed by atoms with Gasteiger partial charge in [-0.15, -0.1) is 0 Å². The molecule has 3 atom stereocenters. The van der Waals surface area contributed by atoms with E-state index in [1.165, 1.54) is 28.0 Å². The number of halogens is 3. The maximum absolute atomic E-state index is 14.4. The van der Waals surface area contributed by atoms with Crippen molar-refractivity contribution in [2.75, 3.05) is 72.1 Å². The first-order valence-corrected chi connectivity index (χ1v) is 20.6. The number of alkyl halides is 3. The highest BCUT2D eigenvalue weighted by Gasteiger charge is 2.71. The first-order chi connectivity index (χ1) is 28.1. The summed E-state index contributed by atoms with van der Waals surface area (Å²) in [6.07, 6.45) is 1.17. The average molecular weight is 828 g/mol. The third-order valence-corrected chi connectivity index (χ3v) is 13.7. The second-order valence-electron chi connectivity index (χ2n) is 17.7. The smallest absolute Gasteiger partial charge is 0.403 e. The molecule has 3 amide bonds. The normalized spacial score (nSPS) is 26.7. The summed E-state index contributed by atoms with van der Waals surface area (Å²) in [5.74, 6) is -3.94. The molecule has 1 spiro atoms. The Kier molecular flexibility index (Phi) is 11.1. The van der Waals surface area contributed by atoms with Crippen molar-refractivity contribution in [3.63, 3.8) is 0 Å². The van der Waals surface area contributed by atoms with Gasteiger partial charge in [0.25, 0.3) is 5.91 Å². The number of ether oxygens (including phenoxy) is 2. The van der Waals surface area contributed by atoms with E-state index in [0.717, 1.165) is 30.6 Å². The predicted molar refractivity (Wildman–Crippen MR) is 203 cm³/mol. The minimum absolute atomic E-state index is 0.0196. The zero-order valence-electron chi connectivity index (χ0n) is 33.2. The fourth-order valence-electron chi connectivity index (χ4n) is 9.84. The van der Waals surface area contributed by atoms with Crippen molar-refractivity contribution < 1.29 is 51.7 Å². The first-order valence-electron chi connectivity index (χ1n) is 20.6. The number of Topliss-reactive ketones (excluding diaryl/α,β-unsaturated/α-hetero) is 1. The molecule has 18 heteroatoms. The molecular weight excluding hydrogens is 775 g/mol. The van der Waals surface area contributed by atoms with E-state index in [0.29, 0.717) is 51.1 Å². The molecule has 3 N–H and O–H groups in total. The van der Waals surface area contributed by atoms with Crippen molar-refractivity contribution in [1.82, 2.24) is 35.1 Å². The highest BCUT2D eigenvalue weighted by Crippen LogP contribution is 2.60. The number of carbonyl (C=O) groups is 5. The molecule has 6 heterocycles. The number of hydrogen-bond acceptors (Lipinski definition) is 10. The molecule has 7 fully saturated rings. The van der Waals surface area contributed by atoms with E-state index in [4.69, 9.17) is 9.47 Å². The molecule has 0 radical (unpaired) electrons. The Morgan fingerprint density at radius 2 is 1.71 bits per heavy atom. The Morgan fingerprint density at radius 3 is 2.36 bits per heavy atom. The minimum atomic E-state index is -4.69. The Balaban J connectivity index is 0.986. The van der Waals surface area contributed by atoms with Crippen molar-refractivity contribution >= 4 is 29.5 Å². The van der Waals surface area contributed by atoms with E-state index in [2.05, 4.69) is 15.7 Å². The molecule has 5 aliphatic heterocycles. The molecular formula is C41H52F3N7O8. The summed E-state index contributed by atoms with van der Waals surface area (Å²) < 4.78 is 55.8. The van der Waals surface area contributed by atoms with Crippen LogP contribution in [0.3, 0.4) is 0 Å². The molecule has 2 bridgehead atoms. The van der Waals surface area contributed by atoms with E-state index in [1.807, 2.05) is 6.92 Å².